The Morgan fingerprint density at radius 1 is 1.06 bits per heavy atom. The van der Waals surface area contributed by atoms with E-state index in [0.29, 0.717) is 22.6 Å². The monoisotopic (exact) mass is 425 g/mol. The Balaban J connectivity index is 2.12. The molecule has 31 heavy (non-hydrogen) atoms. The van der Waals surface area contributed by atoms with Crippen LogP contribution in [0.2, 0.25) is 0 Å². The van der Waals surface area contributed by atoms with Gasteiger partial charge in [0.1, 0.15) is 17.3 Å². The fourth-order valence-electron chi connectivity index (χ4n) is 3.58. The summed E-state index contributed by atoms with van der Waals surface area (Å²) in [7, 11) is 3.07. The smallest absolute Gasteiger partial charge is 0.295 e. The summed E-state index contributed by atoms with van der Waals surface area (Å²) in [5.74, 6) is -0.403. The topological polar surface area (TPSA) is 85.3 Å². The molecule has 1 N–H and O–H groups in total. The number of ether oxygens (including phenoxy) is 3. The molecule has 1 heterocycles. The van der Waals surface area contributed by atoms with E-state index in [1.807, 2.05) is 26.0 Å². The van der Waals surface area contributed by atoms with Crippen molar-refractivity contribution in [1.82, 2.24) is 4.90 Å². The summed E-state index contributed by atoms with van der Waals surface area (Å²) in [6, 6.07) is 13.1. The lowest BCUT2D eigenvalue weighted by atomic mass is 9.95. The number of hydrogen-bond donors (Lipinski definition) is 1. The number of carbonyl (C=O) groups excluding carboxylic acids is 2. The zero-order chi connectivity index (χ0) is 22.5. The molecule has 2 aromatic carbocycles. The minimum absolute atomic E-state index is 0.0330. The number of likely N-dealkylation sites (tertiary alicyclic amines) is 1. The van der Waals surface area contributed by atoms with Crippen LogP contribution in [-0.4, -0.2) is 55.2 Å². The highest BCUT2D eigenvalue weighted by molar-refractivity contribution is 6.46. The zero-order valence-electron chi connectivity index (χ0n) is 18.1. The van der Waals surface area contributed by atoms with Gasteiger partial charge in [-0.3, -0.25) is 9.59 Å². The molecule has 1 aliphatic heterocycles. The van der Waals surface area contributed by atoms with E-state index in [1.165, 1.54) is 12.0 Å². The lowest BCUT2D eigenvalue weighted by molar-refractivity contribution is -0.140. The first kappa shape index (κ1) is 22.4. The molecule has 0 bridgehead atoms. The van der Waals surface area contributed by atoms with Crippen LogP contribution in [0.3, 0.4) is 0 Å². The molecule has 1 unspecified atom stereocenters. The van der Waals surface area contributed by atoms with Crippen LogP contribution in [0.25, 0.3) is 5.76 Å². The maximum Gasteiger partial charge on any atom is 0.295 e. The van der Waals surface area contributed by atoms with Gasteiger partial charge in [-0.2, -0.15) is 0 Å². The molecule has 0 aromatic heterocycles. The Labute approximate surface area is 181 Å². The summed E-state index contributed by atoms with van der Waals surface area (Å²) < 4.78 is 16.1. The molecule has 1 atom stereocenters. The Bertz CT molecular complexity index is 980. The maximum atomic E-state index is 13.0. The molecule has 3 rings (SSSR count). The third-order valence-electron chi connectivity index (χ3n) is 4.99. The van der Waals surface area contributed by atoms with E-state index in [1.54, 1.807) is 43.5 Å². The number of aliphatic hydroxyl groups excluding tert-OH is 1. The summed E-state index contributed by atoms with van der Waals surface area (Å²) in [4.78, 5) is 27.2. The molecule has 1 saturated heterocycles. The lowest BCUT2D eigenvalue weighted by Crippen LogP contribution is -2.32. The number of carbonyl (C=O) groups is 2. The largest absolute Gasteiger partial charge is 0.507 e. The van der Waals surface area contributed by atoms with E-state index in [9.17, 15) is 14.7 Å². The summed E-state index contributed by atoms with van der Waals surface area (Å²) in [6.07, 6.45) is -0.0330. The summed E-state index contributed by atoms with van der Waals surface area (Å²) >= 11 is 0. The predicted molar refractivity (Wildman–Crippen MR) is 116 cm³/mol. The highest BCUT2D eigenvalue weighted by atomic mass is 16.5. The van der Waals surface area contributed by atoms with Crippen molar-refractivity contribution >= 4 is 17.4 Å². The van der Waals surface area contributed by atoms with Crippen LogP contribution in [0.1, 0.15) is 31.0 Å². The third kappa shape index (κ3) is 4.72. The first-order valence-corrected chi connectivity index (χ1v) is 10.1. The van der Waals surface area contributed by atoms with Crippen molar-refractivity contribution in [2.45, 2.75) is 26.0 Å². The van der Waals surface area contributed by atoms with Gasteiger partial charge in [0.15, 0.2) is 0 Å². The van der Waals surface area contributed by atoms with Crippen LogP contribution < -0.4 is 9.47 Å². The van der Waals surface area contributed by atoms with Crippen molar-refractivity contribution in [2.24, 2.45) is 0 Å². The fourth-order valence-corrected chi connectivity index (χ4v) is 3.58. The maximum absolute atomic E-state index is 13.0. The van der Waals surface area contributed by atoms with Crippen molar-refractivity contribution in [1.29, 1.82) is 0 Å². The molecule has 1 aliphatic rings. The summed E-state index contributed by atoms with van der Waals surface area (Å²) in [5.41, 5.74) is 1.13. The number of rotatable bonds is 8. The molecule has 7 heteroatoms. The standard InChI is InChI=1S/C24H27NO6/c1-15(2)31-19-7-5-6-17(14-19)21-20(23(27)24(28)25(21)12-13-29-3)22(26)16-8-10-18(30-4)11-9-16/h5-11,14-15,21,26H,12-13H2,1-4H3/b22-20-. The number of ketones is 1. The number of aliphatic hydroxyl groups is 1. The van der Waals surface area contributed by atoms with Crippen LogP contribution >= 0.6 is 0 Å². The van der Waals surface area contributed by atoms with Gasteiger partial charge < -0.3 is 24.2 Å². The molecule has 0 aliphatic carbocycles. The van der Waals surface area contributed by atoms with Gasteiger partial charge in [-0.15, -0.1) is 0 Å². The van der Waals surface area contributed by atoms with E-state index < -0.39 is 17.7 Å². The number of hydrogen-bond acceptors (Lipinski definition) is 6. The van der Waals surface area contributed by atoms with E-state index in [2.05, 4.69) is 0 Å². The van der Waals surface area contributed by atoms with Crippen LogP contribution in [0.4, 0.5) is 0 Å². The summed E-state index contributed by atoms with van der Waals surface area (Å²) in [5, 5.41) is 11.0. The second-order valence-electron chi connectivity index (χ2n) is 7.45. The second-order valence-corrected chi connectivity index (χ2v) is 7.45. The first-order chi connectivity index (χ1) is 14.9. The average Bonchev–Trinajstić information content (AvgIpc) is 3.01. The van der Waals surface area contributed by atoms with Gasteiger partial charge >= 0.3 is 0 Å². The highest BCUT2D eigenvalue weighted by Crippen LogP contribution is 2.40. The van der Waals surface area contributed by atoms with Crippen LogP contribution in [0, 0.1) is 0 Å². The molecule has 0 radical (unpaired) electrons. The Morgan fingerprint density at radius 3 is 2.39 bits per heavy atom. The van der Waals surface area contributed by atoms with Gasteiger partial charge in [-0.1, -0.05) is 12.1 Å². The van der Waals surface area contributed by atoms with E-state index in [-0.39, 0.29) is 30.6 Å². The fraction of sp³-hybridized carbons (Fsp3) is 0.333. The van der Waals surface area contributed by atoms with Gasteiger partial charge in [0.25, 0.3) is 11.7 Å². The molecule has 1 fully saturated rings. The van der Waals surface area contributed by atoms with Gasteiger partial charge in [-0.05, 0) is 55.8 Å². The van der Waals surface area contributed by atoms with Crippen molar-refractivity contribution < 1.29 is 28.9 Å². The average molecular weight is 425 g/mol. The van der Waals surface area contributed by atoms with Gasteiger partial charge in [0, 0.05) is 19.2 Å². The van der Waals surface area contributed by atoms with Crippen LogP contribution in [-0.2, 0) is 14.3 Å². The Morgan fingerprint density at radius 2 is 1.77 bits per heavy atom. The number of amides is 1. The number of methoxy groups -OCH3 is 2. The first-order valence-electron chi connectivity index (χ1n) is 10.1. The van der Waals surface area contributed by atoms with Crippen LogP contribution in [0.15, 0.2) is 54.1 Å². The Hall–Kier alpha value is -3.32. The molecule has 164 valence electrons. The number of nitrogens with zero attached hydrogens (tertiary/aromatic N) is 1. The minimum atomic E-state index is -0.757. The molecular formula is C24H27NO6. The third-order valence-corrected chi connectivity index (χ3v) is 4.99. The van der Waals surface area contributed by atoms with Gasteiger partial charge in [-0.25, -0.2) is 0 Å². The highest BCUT2D eigenvalue weighted by Gasteiger charge is 2.46. The predicted octanol–water partition coefficient (Wildman–Crippen LogP) is 3.55. The van der Waals surface area contributed by atoms with E-state index >= 15 is 0 Å². The number of benzene rings is 2. The van der Waals surface area contributed by atoms with Crippen molar-refractivity contribution in [2.75, 3.05) is 27.4 Å². The molecule has 1 amide bonds. The van der Waals surface area contributed by atoms with Gasteiger partial charge in [0.2, 0.25) is 0 Å². The lowest BCUT2D eigenvalue weighted by Gasteiger charge is -2.25. The SMILES string of the molecule is COCCN1C(=O)C(=O)/C(=C(\O)c2ccc(OC)cc2)C1c1cccc(OC(C)C)c1. The molecule has 0 spiro atoms. The van der Waals surface area contributed by atoms with Crippen molar-refractivity contribution in [3.05, 3.63) is 65.2 Å². The number of Topliss-reactive ketones (excluding diaryl/α,β-unsaturated/α-hetero) is 1. The van der Waals surface area contributed by atoms with Crippen LogP contribution in [0.5, 0.6) is 11.5 Å². The minimum Gasteiger partial charge on any atom is -0.507 e. The molecule has 7 nitrogen and oxygen atoms in total. The molecule has 2 aromatic rings. The van der Waals surface area contributed by atoms with Crippen molar-refractivity contribution in [3.63, 3.8) is 0 Å². The Kier molecular flexibility index (Phi) is 6.97. The molecular weight excluding hydrogens is 398 g/mol. The van der Waals surface area contributed by atoms with Gasteiger partial charge in [0.05, 0.1) is 31.4 Å². The quantitative estimate of drug-likeness (QED) is 0.396. The zero-order valence-corrected chi connectivity index (χ0v) is 18.1. The van der Waals surface area contributed by atoms with E-state index in [4.69, 9.17) is 14.2 Å². The second kappa shape index (κ2) is 9.66. The van der Waals surface area contributed by atoms with E-state index in [0.717, 1.165) is 0 Å². The normalized spacial score (nSPS) is 18.0. The summed E-state index contributed by atoms with van der Waals surface area (Å²) in [6.45, 7) is 4.30. The molecule has 0 saturated carbocycles. The van der Waals surface area contributed by atoms with Crippen molar-refractivity contribution in [3.8, 4) is 11.5 Å².